The van der Waals surface area contributed by atoms with Crippen LogP contribution in [0.25, 0.3) is 0 Å². The summed E-state index contributed by atoms with van der Waals surface area (Å²) in [6.07, 6.45) is 2.51. The molecule has 2 rings (SSSR count). The number of alkyl halides is 1. The highest BCUT2D eigenvalue weighted by Gasteiger charge is 2.36. The van der Waals surface area contributed by atoms with Crippen LogP contribution in [0.15, 0.2) is 0 Å². The number of piperazine rings is 1. The number of amides is 1. The van der Waals surface area contributed by atoms with Gasteiger partial charge in [0.1, 0.15) is 5.38 Å². The van der Waals surface area contributed by atoms with E-state index in [2.05, 4.69) is 41.4 Å². The fourth-order valence-corrected chi connectivity index (χ4v) is 3.86. The second kappa shape index (κ2) is 8.48. The summed E-state index contributed by atoms with van der Waals surface area (Å²) in [4.78, 5) is 16.6. The van der Waals surface area contributed by atoms with Crippen molar-refractivity contribution in [2.45, 2.75) is 45.0 Å². The predicted molar refractivity (Wildman–Crippen MR) is 90.8 cm³/mol. The third-order valence-corrected chi connectivity index (χ3v) is 5.94. The van der Waals surface area contributed by atoms with Crippen LogP contribution in [-0.4, -0.2) is 66.4 Å². The molecule has 2 saturated heterocycles. The van der Waals surface area contributed by atoms with Crippen molar-refractivity contribution in [1.82, 2.24) is 20.7 Å². The topological polar surface area (TPSA) is 47.6 Å². The lowest BCUT2D eigenvalue weighted by atomic mass is 9.89. The minimum Gasteiger partial charge on any atom is -0.301 e. The molecule has 6 heteroatoms. The molecule has 128 valence electrons. The van der Waals surface area contributed by atoms with E-state index in [1.807, 2.05) is 0 Å². The zero-order valence-corrected chi connectivity index (χ0v) is 14.9. The first-order valence-electron chi connectivity index (χ1n) is 8.70. The van der Waals surface area contributed by atoms with Crippen LogP contribution in [0, 0.1) is 11.8 Å². The number of carbonyl (C=O) groups is 1. The Kier molecular flexibility index (Phi) is 6.93. The van der Waals surface area contributed by atoms with Crippen molar-refractivity contribution in [2.24, 2.45) is 11.8 Å². The Balaban J connectivity index is 1.81. The van der Waals surface area contributed by atoms with Crippen LogP contribution >= 0.6 is 11.6 Å². The fourth-order valence-electron chi connectivity index (χ4n) is 3.56. The Morgan fingerprint density at radius 1 is 1.23 bits per heavy atom. The predicted octanol–water partition coefficient (Wildman–Crippen LogP) is 1.29. The van der Waals surface area contributed by atoms with Gasteiger partial charge >= 0.3 is 0 Å². The number of hydrazine groups is 1. The molecule has 0 aromatic carbocycles. The Morgan fingerprint density at radius 3 is 2.50 bits per heavy atom. The van der Waals surface area contributed by atoms with Crippen molar-refractivity contribution >= 4 is 17.5 Å². The maximum absolute atomic E-state index is 11.7. The van der Waals surface area contributed by atoms with Crippen LogP contribution in [0.4, 0.5) is 0 Å². The zero-order valence-electron chi connectivity index (χ0n) is 14.1. The molecule has 2 aliphatic rings. The van der Waals surface area contributed by atoms with E-state index in [4.69, 9.17) is 11.6 Å². The van der Waals surface area contributed by atoms with Crippen LogP contribution < -0.4 is 10.9 Å². The summed E-state index contributed by atoms with van der Waals surface area (Å²) in [6, 6.07) is 0.106. The van der Waals surface area contributed by atoms with E-state index in [1.165, 1.54) is 19.4 Å². The molecular weight excluding hydrogens is 300 g/mol. The number of rotatable bonds is 6. The first-order valence-corrected chi connectivity index (χ1v) is 9.13. The summed E-state index contributed by atoms with van der Waals surface area (Å²) in [7, 11) is 0. The molecule has 0 radical (unpaired) electrons. The van der Waals surface area contributed by atoms with Gasteiger partial charge in [0.25, 0.3) is 5.91 Å². The Labute approximate surface area is 139 Å². The number of hydrogen-bond donors (Lipinski definition) is 2. The van der Waals surface area contributed by atoms with Gasteiger partial charge in [-0.15, -0.1) is 11.6 Å². The molecule has 0 aromatic rings. The van der Waals surface area contributed by atoms with Gasteiger partial charge in [0.15, 0.2) is 0 Å². The van der Waals surface area contributed by atoms with Crippen LogP contribution in [-0.2, 0) is 4.79 Å². The lowest BCUT2D eigenvalue weighted by Crippen LogP contribution is -2.64. The number of hydrogen-bond acceptors (Lipinski definition) is 4. The molecule has 5 nitrogen and oxygen atoms in total. The van der Waals surface area contributed by atoms with Crippen LogP contribution in [0.5, 0.6) is 0 Å². The van der Waals surface area contributed by atoms with E-state index in [0.29, 0.717) is 0 Å². The van der Waals surface area contributed by atoms with Gasteiger partial charge in [0.05, 0.1) is 0 Å². The van der Waals surface area contributed by atoms with Gasteiger partial charge in [-0.3, -0.25) is 15.1 Å². The van der Waals surface area contributed by atoms with Crippen LogP contribution in [0.3, 0.4) is 0 Å². The molecule has 2 aliphatic heterocycles. The molecule has 2 fully saturated rings. The minimum atomic E-state index is -0.448. The summed E-state index contributed by atoms with van der Waals surface area (Å²) in [5.74, 6) is 1.48. The van der Waals surface area contributed by atoms with Gasteiger partial charge in [-0.25, -0.2) is 5.43 Å². The zero-order chi connectivity index (χ0) is 16.1. The highest BCUT2D eigenvalue weighted by Crippen LogP contribution is 2.22. The molecule has 0 saturated carbocycles. The van der Waals surface area contributed by atoms with E-state index in [9.17, 15) is 4.79 Å². The average Bonchev–Trinajstić information content (AvgIpc) is 2.55. The minimum absolute atomic E-state index is 0.106. The maximum Gasteiger partial charge on any atom is 0.253 e. The second-order valence-electron chi connectivity index (χ2n) is 6.73. The monoisotopic (exact) mass is 330 g/mol. The quantitative estimate of drug-likeness (QED) is 0.720. The molecule has 0 aromatic heterocycles. The molecule has 4 atom stereocenters. The molecule has 2 heterocycles. The first kappa shape index (κ1) is 18.0. The van der Waals surface area contributed by atoms with E-state index in [1.54, 1.807) is 0 Å². The van der Waals surface area contributed by atoms with Gasteiger partial charge in [0.2, 0.25) is 0 Å². The highest BCUT2D eigenvalue weighted by molar-refractivity contribution is 6.31. The number of halogens is 1. The summed E-state index contributed by atoms with van der Waals surface area (Å²) in [5, 5.41) is -0.448. The normalized spacial score (nSPS) is 30.8. The first-order chi connectivity index (χ1) is 10.6. The Hall–Kier alpha value is -0.360. The standard InChI is InChI=1S/C16H31ClN4O/c1-4-12(3)13(5-2)11-20-6-8-21(9-7-20)14-10-18-19-16(22)15(14)17/h12-15,18H,4-11H2,1-3H3,(H,19,22). The SMILES string of the molecule is CCC(C)C(CC)CN1CCN(C2CNNC(=O)C2Cl)CC1. The van der Waals surface area contributed by atoms with E-state index in [0.717, 1.165) is 44.6 Å². The van der Waals surface area contributed by atoms with Gasteiger partial charge in [-0.05, 0) is 11.8 Å². The van der Waals surface area contributed by atoms with Crippen molar-refractivity contribution in [2.75, 3.05) is 39.3 Å². The van der Waals surface area contributed by atoms with Crippen LogP contribution in [0.2, 0.25) is 0 Å². The van der Waals surface area contributed by atoms with E-state index >= 15 is 0 Å². The molecule has 0 aliphatic carbocycles. The van der Waals surface area contributed by atoms with Crippen molar-refractivity contribution in [3.8, 4) is 0 Å². The largest absolute Gasteiger partial charge is 0.301 e. The lowest BCUT2D eigenvalue weighted by Gasteiger charge is -2.43. The van der Waals surface area contributed by atoms with Crippen LogP contribution in [0.1, 0.15) is 33.6 Å². The maximum atomic E-state index is 11.7. The molecular formula is C16H31ClN4O. The number of carbonyl (C=O) groups excluding carboxylic acids is 1. The van der Waals surface area contributed by atoms with E-state index < -0.39 is 5.38 Å². The van der Waals surface area contributed by atoms with Gasteiger partial charge in [-0.1, -0.05) is 33.6 Å². The molecule has 2 N–H and O–H groups in total. The molecule has 0 bridgehead atoms. The molecule has 4 unspecified atom stereocenters. The molecule has 0 spiro atoms. The Morgan fingerprint density at radius 2 is 1.91 bits per heavy atom. The second-order valence-corrected chi connectivity index (χ2v) is 7.20. The van der Waals surface area contributed by atoms with Crippen molar-refractivity contribution in [3.63, 3.8) is 0 Å². The summed E-state index contributed by atoms with van der Waals surface area (Å²) < 4.78 is 0. The van der Waals surface area contributed by atoms with Crippen molar-refractivity contribution in [3.05, 3.63) is 0 Å². The van der Waals surface area contributed by atoms with Crippen molar-refractivity contribution in [1.29, 1.82) is 0 Å². The summed E-state index contributed by atoms with van der Waals surface area (Å²) in [6.45, 7) is 13.0. The summed E-state index contributed by atoms with van der Waals surface area (Å²) >= 11 is 6.26. The van der Waals surface area contributed by atoms with Crippen molar-refractivity contribution < 1.29 is 4.79 Å². The fraction of sp³-hybridized carbons (Fsp3) is 0.938. The number of nitrogens with one attached hydrogen (secondary N) is 2. The van der Waals surface area contributed by atoms with E-state index in [-0.39, 0.29) is 11.9 Å². The van der Waals surface area contributed by atoms with Gasteiger partial charge < -0.3 is 4.90 Å². The molecule has 1 amide bonds. The lowest BCUT2D eigenvalue weighted by molar-refractivity contribution is -0.125. The van der Waals surface area contributed by atoms with Gasteiger partial charge in [0, 0.05) is 45.3 Å². The third kappa shape index (κ3) is 4.34. The van der Waals surface area contributed by atoms with Gasteiger partial charge in [-0.2, -0.15) is 0 Å². The Bertz CT molecular complexity index is 360. The average molecular weight is 331 g/mol. The highest BCUT2D eigenvalue weighted by atomic mass is 35.5. The summed E-state index contributed by atoms with van der Waals surface area (Å²) in [5.41, 5.74) is 5.55. The number of nitrogens with zero attached hydrogens (tertiary/aromatic N) is 2. The molecule has 22 heavy (non-hydrogen) atoms. The third-order valence-electron chi connectivity index (χ3n) is 5.45. The smallest absolute Gasteiger partial charge is 0.253 e.